The zero-order valence-corrected chi connectivity index (χ0v) is 7.67. The lowest BCUT2D eigenvalue weighted by Crippen LogP contribution is -2.30. The van der Waals surface area contributed by atoms with E-state index < -0.39 is 0 Å². The molecule has 0 saturated carbocycles. The summed E-state index contributed by atoms with van der Waals surface area (Å²) >= 11 is 0. The monoisotopic (exact) mass is 161 g/mol. The Morgan fingerprint density at radius 1 is 1.25 bits per heavy atom. The molecule has 2 atom stereocenters. The van der Waals surface area contributed by atoms with Crippen molar-refractivity contribution in [1.82, 2.24) is 0 Å². The van der Waals surface area contributed by atoms with Crippen LogP contribution in [0.1, 0.15) is 19.4 Å². The highest BCUT2D eigenvalue weighted by molar-refractivity contribution is 5.53. The zero-order valence-electron chi connectivity index (χ0n) is 7.67. The fourth-order valence-electron chi connectivity index (χ4n) is 1.75. The summed E-state index contributed by atoms with van der Waals surface area (Å²) in [6, 6.07) is 9.19. The molecular formula is C11H15N. The van der Waals surface area contributed by atoms with E-state index in [4.69, 9.17) is 0 Å². The maximum absolute atomic E-state index is 3.51. The number of hydrogen-bond acceptors (Lipinski definition) is 1. The average molecular weight is 161 g/mol. The standard InChI is InChI=1S/C11H15N/c1-8-7-10-5-3-4-6-11(10)12-9(8)2/h3-6,8-9,12H,7H2,1-2H3/t8-,9?/m0/s1. The largest absolute Gasteiger partial charge is 0.382 e. The zero-order chi connectivity index (χ0) is 8.55. The summed E-state index contributed by atoms with van der Waals surface area (Å²) in [6.45, 7) is 4.55. The van der Waals surface area contributed by atoms with E-state index in [1.165, 1.54) is 17.7 Å². The van der Waals surface area contributed by atoms with Crippen LogP contribution in [0.15, 0.2) is 24.3 Å². The Bertz CT molecular complexity index is 251. The van der Waals surface area contributed by atoms with Crippen molar-refractivity contribution in [3.8, 4) is 0 Å². The molecule has 1 aliphatic heterocycles. The number of fused-ring (bicyclic) bond motifs is 1. The van der Waals surface area contributed by atoms with Crippen molar-refractivity contribution < 1.29 is 0 Å². The smallest absolute Gasteiger partial charge is 0.0374 e. The quantitative estimate of drug-likeness (QED) is 0.617. The Morgan fingerprint density at radius 3 is 2.83 bits per heavy atom. The van der Waals surface area contributed by atoms with Crippen LogP contribution < -0.4 is 5.32 Å². The summed E-state index contributed by atoms with van der Waals surface area (Å²) < 4.78 is 0. The van der Waals surface area contributed by atoms with E-state index in [1.807, 2.05) is 0 Å². The SMILES string of the molecule is CC1Nc2ccccc2C[C@@H]1C. The maximum atomic E-state index is 3.51. The molecule has 0 radical (unpaired) electrons. The van der Waals surface area contributed by atoms with Crippen molar-refractivity contribution in [3.05, 3.63) is 29.8 Å². The summed E-state index contributed by atoms with van der Waals surface area (Å²) in [4.78, 5) is 0. The summed E-state index contributed by atoms with van der Waals surface area (Å²) in [6.07, 6.45) is 1.21. The van der Waals surface area contributed by atoms with Crippen molar-refractivity contribution in [3.63, 3.8) is 0 Å². The lowest BCUT2D eigenvalue weighted by atomic mass is 9.90. The number of rotatable bonds is 0. The van der Waals surface area contributed by atoms with Crippen molar-refractivity contribution in [2.45, 2.75) is 26.3 Å². The van der Waals surface area contributed by atoms with Crippen LogP contribution in [0.25, 0.3) is 0 Å². The molecule has 0 aromatic heterocycles. The van der Waals surface area contributed by atoms with Crippen molar-refractivity contribution >= 4 is 5.69 Å². The van der Waals surface area contributed by atoms with Gasteiger partial charge in [0.1, 0.15) is 0 Å². The van der Waals surface area contributed by atoms with Gasteiger partial charge in [-0.2, -0.15) is 0 Å². The highest BCUT2D eigenvalue weighted by Gasteiger charge is 2.19. The molecule has 1 heteroatoms. The van der Waals surface area contributed by atoms with E-state index in [2.05, 4.69) is 43.4 Å². The van der Waals surface area contributed by atoms with Gasteiger partial charge in [0.2, 0.25) is 0 Å². The van der Waals surface area contributed by atoms with E-state index in [0.717, 1.165) is 5.92 Å². The van der Waals surface area contributed by atoms with Crippen molar-refractivity contribution in [2.75, 3.05) is 5.32 Å². The van der Waals surface area contributed by atoms with E-state index in [-0.39, 0.29) is 0 Å². The van der Waals surface area contributed by atoms with Crippen LogP contribution >= 0.6 is 0 Å². The van der Waals surface area contributed by atoms with Crippen LogP contribution in [-0.4, -0.2) is 6.04 Å². The first kappa shape index (κ1) is 7.66. The summed E-state index contributed by atoms with van der Waals surface area (Å²) in [7, 11) is 0. The second kappa shape index (κ2) is 2.81. The fraction of sp³-hybridized carbons (Fsp3) is 0.455. The van der Waals surface area contributed by atoms with E-state index in [0.29, 0.717) is 6.04 Å². The van der Waals surface area contributed by atoms with Crippen LogP contribution in [0.4, 0.5) is 5.69 Å². The number of benzene rings is 1. The molecule has 1 N–H and O–H groups in total. The predicted octanol–water partition coefficient (Wildman–Crippen LogP) is 2.68. The number of para-hydroxylation sites is 1. The average Bonchev–Trinajstić information content (AvgIpc) is 2.07. The molecule has 1 unspecified atom stereocenters. The first-order chi connectivity index (χ1) is 5.77. The first-order valence-corrected chi connectivity index (χ1v) is 4.62. The summed E-state index contributed by atoms with van der Waals surface area (Å²) in [5.74, 6) is 0.750. The van der Waals surface area contributed by atoms with E-state index in [9.17, 15) is 0 Å². The van der Waals surface area contributed by atoms with Gasteiger partial charge in [-0.3, -0.25) is 0 Å². The van der Waals surface area contributed by atoms with E-state index >= 15 is 0 Å². The van der Waals surface area contributed by atoms with Crippen molar-refractivity contribution in [2.24, 2.45) is 5.92 Å². The predicted molar refractivity (Wildman–Crippen MR) is 52.4 cm³/mol. The number of nitrogens with one attached hydrogen (secondary N) is 1. The van der Waals surface area contributed by atoms with Crippen LogP contribution in [0, 0.1) is 5.92 Å². The second-order valence-corrected chi connectivity index (χ2v) is 3.77. The maximum Gasteiger partial charge on any atom is 0.0374 e. The van der Waals surface area contributed by atoms with Crippen molar-refractivity contribution in [1.29, 1.82) is 0 Å². The summed E-state index contributed by atoms with van der Waals surface area (Å²) in [5, 5.41) is 3.51. The van der Waals surface area contributed by atoms with Gasteiger partial charge < -0.3 is 5.32 Å². The van der Waals surface area contributed by atoms with Gasteiger partial charge in [-0.25, -0.2) is 0 Å². The molecular weight excluding hydrogens is 146 g/mol. The third-order valence-corrected chi connectivity index (χ3v) is 2.80. The van der Waals surface area contributed by atoms with Gasteiger partial charge in [-0.05, 0) is 30.9 Å². The Morgan fingerprint density at radius 2 is 2.00 bits per heavy atom. The highest BCUT2D eigenvalue weighted by atomic mass is 14.9. The third-order valence-electron chi connectivity index (χ3n) is 2.80. The highest BCUT2D eigenvalue weighted by Crippen LogP contribution is 2.27. The Hall–Kier alpha value is -0.980. The lowest BCUT2D eigenvalue weighted by molar-refractivity contribution is 0.491. The minimum absolute atomic E-state index is 0.611. The van der Waals surface area contributed by atoms with Gasteiger partial charge in [0.25, 0.3) is 0 Å². The molecule has 0 aliphatic carbocycles. The third kappa shape index (κ3) is 1.20. The molecule has 1 aromatic carbocycles. The van der Waals surface area contributed by atoms with Gasteiger partial charge in [0, 0.05) is 11.7 Å². The molecule has 0 fully saturated rings. The van der Waals surface area contributed by atoms with E-state index in [1.54, 1.807) is 0 Å². The topological polar surface area (TPSA) is 12.0 Å². The van der Waals surface area contributed by atoms with Crippen LogP contribution in [0.5, 0.6) is 0 Å². The first-order valence-electron chi connectivity index (χ1n) is 4.62. The minimum Gasteiger partial charge on any atom is -0.382 e. The van der Waals surface area contributed by atoms with Gasteiger partial charge in [-0.1, -0.05) is 25.1 Å². The normalized spacial score (nSPS) is 27.5. The van der Waals surface area contributed by atoms with Crippen LogP contribution in [0.3, 0.4) is 0 Å². The van der Waals surface area contributed by atoms with Crippen LogP contribution in [0.2, 0.25) is 0 Å². The van der Waals surface area contributed by atoms with Gasteiger partial charge in [0.15, 0.2) is 0 Å². The molecule has 64 valence electrons. The fourth-order valence-corrected chi connectivity index (χ4v) is 1.75. The summed E-state index contributed by atoms with van der Waals surface area (Å²) in [5.41, 5.74) is 2.78. The van der Waals surface area contributed by atoms with Gasteiger partial charge in [0.05, 0.1) is 0 Å². The molecule has 1 aliphatic rings. The number of hydrogen-bond donors (Lipinski definition) is 1. The lowest BCUT2D eigenvalue weighted by Gasteiger charge is -2.29. The van der Waals surface area contributed by atoms with Crippen LogP contribution in [-0.2, 0) is 6.42 Å². The molecule has 12 heavy (non-hydrogen) atoms. The molecule has 0 saturated heterocycles. The minimum atomic E-state index is 0.611. The molecule has 2 rings (SSSR count). The Balaban J connectivity index is 2.34. The van der Waals surface area contributed by atoms with Gasteiger partial charge in [-0.15, -0.1) is 0 Å². The molecule has 0 bridgehead atoms. The molecule has 1 heterocycles. The molecule has 0 spiro atoms. The molecule has 1 aromatic rings. The Kier molecular flexibility index (Phi) is 1.80. The second-order valence-electron chi connectivity index (χ2n) is 3.77. The molecule has 0 amide bonds. The molecule has 1 nitrogen and oxygen atoms in total. The Labute approximate surface area is 73.8 Å². The number of anilines is 1. The van der Waals surface area contributed by atoms with Gasteiger partial charge >= 0.3 is 0 Å².